The molecule has 0 bridgehead atoms. The normalized spacial score (nSPS) is 10.5. The Morgan fingerprint density at radius 3 is 2.39 bits per heavy atom. The third-order valence-corrected chi connectivity index (χ3v) is 3.73. The van der Waals surface area contributed by atoms with Crippen LogP contribution in [0.2, 0.25) is 10.0 Å². The predicted octanol–water partition coefficient (Wildman–Crippen LogP) is 4.61. The van der Waals surface area contributed by atoms with Gasteiger partial charge in [-0.25, -0.2) is 0 Å². The average Bonchev–Trinajstić information content (AvgIpc) is 3.02. The van der Waals surface area contributed by atoms with Crippen LogP contribution in [-0.2, 0) is 0 Å². The third-order valence-electron chi connectivity index (χ3n) is 3.10. The maximum atomic E-state index is 12.2. The number of aromatic nitrogens is 1. The van der Waals surface area contributed by atoms with Gasteiger partial charge < -0.3 is 14.9 Å². The molecule has 3 rings (SSSR count). The number of carbonyl (C=O) groups is 1. The molecule has 1 aromatic heterocycles. The van der Waals surface area contributed by atoms with Crippen LogP contribution in [0.25, 0.3) is 11.3 Å². The summed E-state index contributed by atoms with van der Waals surface area (Å²) < 4.78 is 5.15. The smallest absolute Gasteiger partial charge is 0.277 e. The monoisotopic (exact) mass is 348 g/mol. The van der Waals surface area contributed by atoms with Gasteiger partial charge in [0.1, 0.15) is 5.75 Å². The molecule has 1 heterocycles. The fraction of sp³-hybridized carbons (Fsp3) is 0. The van der Waals surface area contributed by atoms with Gasteiger partial charge in [-0.3, -0.25) is 4.79 Å². The lowest BCUT2D eigenvalue weighted by Gasteiger charge is -2.06. The van der Waals surface area contributed by atoms with E-state index in [1.54, 1.807) is 30.3 Å². The van der Waals surface area contributed by atoms with Gasteiger partial charge in [-0.05, 0) is 36.4 Å². The van der Waals surface area contributed by atoms with Gasteiger partial charge in [-0.1, -0.05) is 34.4 Å². The third kappa shape index (κ3) is 3.31. The van der Waals surface area contributed by atoms with Crippen molar-refractivity contribution in [3.63, 3.8) is 0 Å². The van der Waals surface area contributed by atoms with Gasteiger partial charge in [0, 0.05) is 11.6 Å². The van der Waals surface area contributed by atoms with Crippen LogP contribution in [0.1, 0.15) is 10.5 Å². The first kappa shape index (κ1) is 15.4. The highest BCUT2D eigenvalue weighted by atomic mass is 35.5. The van der Waals surface area contributed by atoms with Gasteiger partial charge in [0.05, 0.1) is 15.7 Å². The summed E-state index contributed by atoms with van der Waals surface area (Å²) in [5, 5.41) is 16.3. The van der Waals surface area contributed by atoms with Gasteiger partial charge in [0.2, 0.25) is 0 Å². The maximum absolute atomic E-state index is 12.2. The van der Waals surface area contributed by atoms with E-state index >= 15 is 0 Å². The van der Waals surface area contributed by atoms with Crippen LogP contribution in [0, 0.1) is 0 Å². The fourth-order valence-electron chi connectivity index (χ4n) is 1.94. The molecule has 2 aromatic carbocycles. The van der Waals surface area contributed by atoms with Crippen LogP contribution in [0.4, 0.5) is 5.69 Å². The Morgan fingerprint density at radius 1 is 1.09 bits per heavy atom. The van der Waals surface area contributed by atoms with Gasteiger partial charge >= 0.3 is 0 Å². The Morgan fingerprint density at radius 2 is 1.74 bits per heavy atom. The number of aromatic hydroxyl groups is 1. The van der Waals surface area contributed by atoms with Crippen molar-refractivity contribution in [3.05, 3.63) is 64.3 Å². The SMILES string of the molecule is O=C(Nc1c(Cl)cccc1Cl)c1cc(-c2ccc(O)cc2)on1. The van der Waals surface area contributed by atoms with E-state index in [4.69, 9.17) is 27.7 Å². The zero-order valence-electron chi connectivity index (χ0n) is 11.6. The first-order valence-electron chi connectivity index (χ1n) is 6.56. The molecule has 0 fully saturated rings. The minimum atomic E-state index is -0.492. The number of hydrogen-bond acceptors (Lipinski definition) is 4. The summed E-state index contributed by atoms with van der Waals surface area (Å²) in [4.78, 5) is 12.2. The second-order valence-electron chi connectivity index (χ2n) is 4.67. The molecule has 3 aromatic rings. The van der Waals surface area contributed by atoms with E-state index in [1.807, 2.05) is 0 Å². The molecule has 0 aliphatic rings. The Balaban J connectivity index is 1.83. The number of benzene rings is 2. The summed E-state index contributed by atoms with van der Waals surface area (Å²) in [6.07, 6.45) is 0. The molecule has 0 aliphatic heterocycles. The van der Waals surface area contributed by atoms with Crippen molar-refractivity contribution in [2.24, 2.45) is 0 Å². The van der Waals surface area contributed by atoms with Crippen molar-refractivity contribution in [3.8, 4) is 17.1 Å². The zero-order valence-corrected chi connectivity index (χ0v) is 13.1. The van der Waals surface area contributed by atoms with E-state index in [9.17, 15) is 9.90 Å². The first-order valence-corrected chi connectivity index (χ1v) is 7.31. The summed E-state index contributed by atoms with van der Waals surface area (Å²) in [6.45, 7) is 0. The number of halogens is 2. The van der Waals surface area contributed by atoms with Crippen LogP contribution in [0.3, 0.4) is 0 Å². The summed E-state index contributed by atoms with van der Waals surface area (Å²) in [5.41, 5.74) is 1.09. The second-order valence-corrected chi connectivity index (χ2v) is 5.49. The Labute approximate surface area is 141 Å². The molecule has 0 atom stereocenters. The molecule has 2 N–H and O–H groups in total. The molecule has 5 nitrogen and oxygen atoms in total. The number of phenolic OH excluding ortho intramolecular Hbond substituents is 1. The van der Waals surface area contributed by atoms with Crippen molar-refractivity contribution in [1.29, 1.82) is 0 Å². The topological polar surface area (TPSA) is 75.4 Å². The summed E-state index contributed by atoms with van der Waals surface area (Å²) in [7, 11) is 0. The average molecular weight is 349 g/mol. The number of amides is 1. The number of hydrogen-bond donors (Lipinski definition) is 2. The summed E-state index contributed by atoms with van der Waals surface area (Å²) in [6, 6.07) is 12.8. The van der Waals surface area contributed by atoms with E-state index in [0.29, 0.717) is 27.1 Å². The number of nitrogens with zero attached hydrogens (tertiary/aromatic N) is 1. The van der Waals surface area contributed by atoms with E-state index in [1.165, 1.54) is 18.2 Å². The lowest BCUT2D eigenvalue weighted by atomic mass is 10.1. The molecule has 0 saturated heterocycles. The molecular weight excluding hydrogens is 339 g/mol. The lowest BCUT2D eigenvalue weighted by molar-refractivity contribution is 0.101. The molecule has 0 aliphatic carbocycles. The van der Waals surface area contributed by atoms with Crippen LogP contribution in [0.15, 0.2) is 53.1 Å². The van der Waals surface area contributed by atoms with Gasteiger partial charge in [0.25, 0.3) is 5.91 Å². The van der Waals surface area contributed by atoms with Crippen molar-refractivity contribution >= 4 is 34.8 Å². The second kappa shape index (κ2) is 6.32. The summed E-state index contributed by atoms with van der Waals surface area (Å²) >= 11 is 12.0. The van der Waals surface area contributed by atoms with Crippen LogP contribution >= 0.6 is 23.2 Å². The number of nitrogens with one attached hydrogen (secondary N) is 1. The molecule has 7 heteroatoms. The zero-order chi connectivity index (χ0) is 16.4. The van der Waals surface area contributed by atoms with Gasteiger partial charge in [-0.2, -0.15) is 0 Å². The number of para-hydroxylation sites is 1. The van der Waals surface area contributed by atoms with Crippen LogP contribution in [-0.4, -0.2) is 16.2 Å². The predicted molar refractivity (Wildman–Crippen MR) is 88.0 cm³/mol. The lowest BCUT2D eigenvalue weighted by Crippen LogP contribution is -2.12. The number of rotatable bonds is 3. The van der Waals surface area contributed by atoms with E-state index in [-0.39, 0.29) is 11.4 Å². The fourth-order valence-corrected chi connectivity index (χ4v) is 2.43. The molecule has 23 heavy (non-hydrogen) atoms. The van der Waals surface area contributed by atoms with Crippen LogP contribution in [0.5, 0.6) is 5.75 Å². The van der Waals surface area contributed by atoms with E-state index in [0.717, 1.165) is 0 Å². The number of anilines is 1. The van der Waals surface area contributed by atoms with E-state index in [2.05, 4.69) is 10.5 Å². The molecule has 116 valence electrons. The minimum Gasteiger partial charge on any atom is -0.508 e. The van der Waals surface area contributed by atoms with Crippen LogP contribution < -0.4 is 5.32 Å². The van der Waals surface area contributed by atoms with E-state index < -0.39 is 5.91 Å². The van der Waals surface area contributed by atoms with Gasteiger partial charge in [0.15, 0.2) is 11.5 Å². The first-order chi connectivity index (χ1) is 11.0. The van der Waals surface area contributed by atoms with Crippen molar-refractivity contribution in [1.82, 2.24) is 5.16 Å². The van der Waals surface area contributed by atoms with Crippen molar-refractivity contribution < 1.29 is 14.4 Å². The molecule has 0 saturated carbocycles. The molecular formula is C16H10Cl2N2O3. The number of carbonyl (C=O) groups excluding carboxylic acids is 1. The Bertz CT molecular complexity index is 840. The molecule has 0 spiro atoms. The highest BCUT2D eigenvalue weighted by Crippen LogP contribution is 2.30. The maximum Gasteiger partial charge on any atom is 0.277 e. The highest BCUT2D eigenvalue weighted by Gasteiger charge is 2.16. The van der Waals surface area contributed by atoms with Gasteiger partial charge in [-0.15, -0.1) is 0 Å². The quantitative estimate of drug-likeness (QED) is 0.724. The molecule has 0 unspecified atom stereocenters. The Hall–Kier alpha value is -2.50. The standard InChI is InChI=1S/C16H10Cl2N2O3/c17-11-2-1-3-12(18)15(11)19-16(22)13-8-14(23-20-13)9-4-6-10(21)7-5-9/h1-8,21H,(H,19,22). The minimum absolute atomic E-state index is 0.0871. The number of phenols is 1. The molecule has 1 amide bonds. The Kier molecular flexibility index (Phi) is 4.23. The largest absolute Gasteiger partial charge is 0.508 e. The molecule has 0 radical (unpaired) electrons. The van der Waals surface area contributed by atoms with Crippen molar-refractivity contribution in [2.45, 2.75) is 0 Å². The highest BCUT2D eigenvalue weighted by molar-refractivity contribution is 6.40. The van der Waals surface area contributed by atoms with Crippen molar-refractivity contribution in [2.75, 3.05) is 5.32 Å². The summed E-state index contributed by atoms with van der Waals surface area (Å²) in [5.74, 6) is 0.0498.